The van der Waals surface area contributed by atoms with Gasteiger partial charge in [-0.1, -0.05) is 18.2 Å². The van der Waals surface area contributed by atoms with E-state index in [2.05, 4.69) is 15.2 Å². The van der Waals surface area contributed by atoms with Gasteiger partial charge in [0.1, 0.15) is 0 Å². The van der Waals surface area contributed by atoms with Gasteiger partial charge < -0.3 is 19.7 Å². The minimum Gasteiger partial charge on any atom is -0.379 e. The van der Waals surface area contributed by atoms with Crippen LogP contribution < -0.4 is 5.32 Å². The first-order chi connectivity index (χ1) is 12.1. The lowest BCUT2D eigenvalue weighted by Crippen LogP contribution is -2.51. The van der Waals surface area contributed by atoms with E-state index in [1.165, 1.54) is 0 Å². The maximum absolute atomic E-state index is 12.8. The van der Waals surface area contributed by atoms with Gasteiger partial charge in [0, 0.05) is 24.7 Å². The first-order valence-electron chi connectivity index (χ1n) is 8.64. The number of rotatable bonds is 6. The lowest BCUT2D eigenvalue weighted by Gasteiger charge is -2.32. The molecule has 2 atom stereocenters. The smallest absolute Gasteiger partial charge is 0.253 e. The highest BCUT2D eigenvalue weighted by Crippen LogP contribution is 2.17. The molecule has 3 rings (SSSR count). The van der Waals surface area contributed by atoms with Crippen LogP contribution in [0.4, 0.5) is 0 Å². The summed E-state index contributed by atoms with van der Waals surface area (Å²) in [6, 6.07) is 9.31. The Kier molecular flexibility index (Phi) is 5.96. The SMILES string of the molecule is CN(C)CCO[C@@H]1CCOC[C@@H]1NC(=O)c1cccc2cccnc12. The van der Waals surface area contributed by atoms with Crippen LogP contribution in [0.3, 0.4) is 0 Å². The molecule has 0 aliphatic carbocycles. The summed E-state index contributed by atoms with van der Waals surface area (Å²) < 4.78 is 11.5. The summed E-state index contributed by atoms with van der Waals surface area (Å²) in [5, 5.41) is 4.03. The Morgan fingerprint density at radius 2 is 2.20 bits per heavy atom. The quantitative estimate of drug-likeness (QED) is 0.865. The molecule has 0 radical (unpaired) electrons. The van der Waals surface area contributed by atoms with E-state index in [-0.39, 0.29) is 18.1 Å². The van der Waals surface area contributed by atoms with Crippen LogP contribution in [0.5, 0.6) is 0 Å². The van der Waals surface area contributed by atoms with Crippen molar-refractivity contribution in [3.63, 3.8) is 0 Å². The molecule has 2 heterocycles. The third kappa shape index (κ3) is 4.54. The second-order valence-corrected chi connectivity index (χ2v) is 6.54. The van der Waals surface area contributed by atoms with Gasteiger partial charge in [-0.05, 0) is 32.6 Å². The summed E-state index contributed by atoms with van der Waals surface area (Å²) in [5.41, 5.74) is 1.29. The predicted octanol–water partition coefficient (Wildman–Crippen LogP) is 1.70. The van der Waals surface area contributed by atoms with Crippen molar-refractivity contribution in [1.82, 2.24) is 15.2 Å². The highest BCUT2D eigenvalue weighted by Gasteiger charge is 2.28. The van der Waals surface area contributed by atoms with Gasteiger partial charge in [-0.25, -0.2) is 0 Å². The molecule has 1 aliphatic heterocycles. The number of nitrogens with zero attached hydrogens (tertiary/aromatic N) is 2. The minimum absolute atomic E-state index is 0.0272. The Bertz CT molecular complexity index is 715. The zero-order valence-corrected chi connectivity index (χ0v) is 14.8. The molecule has 1 aromatic heterocycles. The maximum atomic E-state index is 12.8. The molecular formula is C19H25N3O3. The lowest BCUT2D eigenvalue weighted by molar-refractivity contribution is -0.0561. The van der Waals surface area contributed by atoms with Gasteiger partial charge in [-0.2, -0.15) is 0 Å². The average molecular weight is 343 g/mol. The number of carbonyl (C=O) groups is 1. The van der Waals surface area contributed by atoms with Crippen LogP contribution in [-0.4, -0.2) is 68.4 Å². The third-order valence-electron chi connectivity index (χ3n) is 4.36. The number of para-hydroxylation sites is 1. The van der Waals surface area contributed by atoms with Crippen molar-refractivity contribution in [3.05, 3.63) is 42.1 Å². The molecule has 2 aromatic rings. The van der Waals surface area contributed by atoms with E-state index in [0.717, 1.165) is 18.4 Å². The van der Waals surface area contributed by atoms with E-state index in [9.17, 15) is 4.79 Å². The normalized spacial score (nSPS) is 20.8. The van der Waals surface area contributed by atoms with Gasteiger partial charge in [-0.3, -0.25) is 9.78 Å². The zero-order chi connectivity index (χ0) is 17.6. The number of likely N-dealkylation sites (N-methyl/N-ethyl adjacent to an activating group) is 1. The van der Waals surface area contributed by atoms with Crippen LogP contribution in [0, 0.1) is 0 Å². The number of nitrogens with one attached hydrogen (secondary N) is 1. The molecule has 0 saturated carbocycles. The molecule has 0 spiro atoms. The Hall–Kier alpha value is -2.02. The van der Waals surface area contributed by atoms with Crippen LogP contribution in [0.15, 0.2) is 36.5 Å². The summed E-state index contributed by atoms with van der Waals surface area (Å²) in [4.78, 5) is 19.2. The second kappa shape index (κ2) is 8.38. The molecule has 25 heavy (non-hydrogen) atoms. The van der Waals surface area contributed by atoms with Crippen molar-refractivity contribution in [2.45, 2.75) is 18.6 Å². The van der Waals surface area contributed by atoms with E-state index in [1.54, 1.807) is 12.3 Å². The van der Waals surface area contributed by atoms with Crippen molar-refractivity contribution in [2.24, 2.45) is 0 Å². The minimum atomic E-state index is -0.151. The van der Waals surface area contributed by atoms with E-state index >= 15 is 0 Å². The molecular weight excluding hydrogens is 318 g/mol. The van der Waals surface area contributed by atoms with Crippen molar-refractivity contribution in [1.29, 1.82) is 0 Å². The number of carbonyl (C=O) groups excluding carboxylic acids is 1. The average Bonchev–Trinajstić information content (AvgIpc) is 2.62. The largest absolute Gasteiger partial charge is 0.379 e. The molecule has 0 bridgehead atoms. The molecule has 1 aromatic carbocycles. The number of aromatic nitrogens is 1. The van der Waals surface area contributed by atoms with Crippen LogP contribution >= 0.6 is 0 Å². The molecule has 1 fully saturated rings. The molecule has 1 amide bonds. The summed E-state index contributed by atoms with van der Waals surface area (Å²) in [5.74, 6) is -0.138. The third-order valence-corrected chi connectivity index (χ3v) is 4.36. The van der Waals surface area contributed by atoms with Gasteiger partial charge in [0.25, 0.3) is 5.91 Å². The molecule has 6 nitrogen and oxygen atoms in total. The monoisotopic (exact) mass is 343 g/mol. The number of pyridine rings is 1. The van der Waals surface area contributed by atoms with Crippen molar-refractivity contribution < 1.29 is 14.3 Å². The van der Waals surface area contributed by atoms with Crippen molar-refractivity contribution in [3.8, 4) is 0 Å². The van der Waals surface area contributed by atoms with Gasteiger partial charge >= 0.3 is 0 Å². The van der Waals surface area contributed by atoms with Crippen molar-refractivity contribution >= 4 is 16.8 Å². The maximum Gasteiger partial charge on any atom is 0.253 e. The van der Waals surface area contributed by atoms with Crippen LogP contribution in [0.1, 0.15) is 16.8 Å². The van der Waals surface area contributed by atoms with E-state index in [4.69, 9.17) is 9.47 Å². The van der Waals surface area contributed by atoms with E-state index < -0.39 is 0 Å². The Morgan fingerprint density at radius 3 is 3.04 bits per heavy atom. The Balaban J connectivity index is 1.69. The van der Waals surface area contributed by atoms with E-state index in [1.807, 2.05) is 38.4 Å². The van der Waals surface area contributed by atoms with E-state index in [0.29, 0.717) is 30.9 Å². The summed E-state index contributed by atoms with van der Waals surface area (Å²) in [7, 11) is 4.03. The molecule has 1 N–H and O–H groups in total. The first-order valence-corrected chi connectivity index (χ1v) is 8.64. The number of hydrogen-bond donors (Lipinski definition) is 1. The van der Waals surface area contributed by atoms with Crippen LogP contribution in [-0.2, 0) is 9.47 Å². The first kappa shape index (κ1) is 17.8. The predicted molar refractivity (Wildman–Crippen MR) is 96.7 cm³/mol. The Morgan fingerprint density at radius 1 is 1.36 bits per heavy atom. The van der Waals surface area contributed by atoms with Gasteiger partial charge in [0.05, 0.1) is 36.4 Å². The second-order valence-electron chi connectivity index (χ2n) is 6.54. The number of amides is 1. The number of hydrogen-bond acceptors (Lipinski definition) is 5. The molecule has 1 aliphatic rings. The fourth-order valence-electron chi connectivity index (χ4n) is 2.97. The van der Waals surface area contributed by atoms with Gasteiger partial charge in [0.15, 0.2) is 0 Å². The molecule has 6 heteroatoms. The summed E-state index contributed by atoms with van der Waals surface area (Å²) >= 11 is 0. The lowest BCUT2D eigenvalue weighted by atomic mass is 10.0. The highest BCUT2D eigenvalue weighted by molar-refractivity contribution is 6.05. The Labute approximate surface area is 148 Å². The topological polar surface area (TPSA) is 63.7 Å². The fourth-order valence-corrected chi connectivity index (χ4v) is 2.97. The van der Waals surface area contributed by atoms with Crippen molar-refractivity contribution in [2.75, 3.05) is 40.5 Å². The van der Waals surface area contributed by atoms with Crippen LogP contribution in [0.2, 0.25) is 0 Å². The molecule has 1 saturated heterocycles. The molecule has 134 valence electrons. The summed E-state index contributed by atoms with van der Waals surface area (Å²) in [6.45, 7) is 2.62. The number of ether oxygens (including phenoxy) is 2. The zero-order valence-electron chi connectivity index (χ0n) is 14.8. The standard InChI is InChI=1S/C19H25N3O3/c1-22(2)10-12-25-17-8-11-24-13-16(17)21-19(23)15-7-3-5-14-6-4-9-20-18(14)15/h3-7,9,16-17H,8,10-13H2,1-2H3,(H,21,23)/t16-,17+/m0/s1. The van der Waals surface area contributed by atoms with Gasteiger partial charge in [0.2, 0.25) is 0 Å². The highest BCUT2D eigenvalue weighted by atomic mass is 16.5. The number of fused-ring (bicyclic) bond motifs is 1. The van der Waals surface area contributed by atoms with Crippen LogP contribution in [0.25, 0.3) is 10.9 Å². The fraction of sp³-hybridized carbons (Fsp3) is 0.474. The van der Waals surface area contributed by atoms with Gasteiger partial charge in [-0.15, -0.1) is 0 Å². The summed E-state index contributed by atoms with van der Waals surface area (Å²) in [6.07, 6.45) is 2.46. The number of benzene rings is 1. The molecule has 0 unspecified atom stereocenters.